The minimum absolute atomic E-state index is 0.0319. The summed E-state index contributed by atoms with van der Waals surface area (Å²) in [6.07, 6.45) is 2.15. The molecule has 2 aliphatic carbocycles. The third-order valence-corrected chi connectivity index (χ3v) is 8.52. The zero-order valence-corrected chi connectivity index (χ0v) is 21.7. The van der Waals surface area contributed by atoms with Crippen molar-refractivity contribution >= 4 is 23.6 Å². The largest absolute Gasteiger partial charge is 0.371 e. The number of ether oxygens (including phenoxy) is 1. The number of hydrogen-bond acceptors (Lipinski definition) is 6. The van der Waals surface area contributed by atoms with E-state index in [0.717, 1.165) is 12.8 Å². The van der Waals surface area contributed by atoms with E-state index >= 15 is 0 Å². The number of nitrogens with zero attached hydrogens (tertiary/aromatic N) is 1. The molecular formula is C25H41N5O5. The number of nitrogens with one attached hydrogen (secondary N) is 2. The number of nitrogens with two attached hydrogens (primary N) is 2. The van der Waals surface area contributed by atoms with Gasteiger partial charge in [-0.2, -0.15) is 0 Å². The Kier molecular flexibility index (Phi) is 6.24. The number of carbonyl (C=O) groups excluding carboxylic acids is 4. The maximum absolute atomic E-state index is 13.5. The first-order chi connectivity index (χ1) is 16.1. The smallest absolute Gasteiger partial charge is 0.243 e. The SMILES string of the molecule is C[C@@H](OC(C)(C)C)[C@H](N)C(=O)N1C[C@H]2[C@@H]([C@H]1C(=O)N[C@@H](C[C@@H]1CC3(CC3)NC1=O)C(N)=O)C2(C)C. The number of hydrogen-bond donors (Lipinski definition) is 4. The monoisotopic (exact) mass is 491 g/mol. The highest BCUT2D eigenvalue weighted by Crippen LogP contribution is 2.65. The van der Waals surface area contributed by atoms with Crippen LogP contribution in [0.4, 0.5) is 0 Å². The molecule has 0 radical (unpaired) electrons. The van der Waals surface area contributed by atoms with Crippen molar-refractivity contribution in [3.8, 4) is 0 Å². The van der Waals surface area contributed by atoms with Gasteiger partial charge in [-0.05, 0) is 70.6 Å². The van der Waals surface area contributed by atoms with Crippen LogP contribution in [0.3, 0.4) is 0 Å². The first-order valence-electron chi connectivity index (χ1n) is 12.7. The molecule has 196 valence electrons. The fourth-order valence-electron chi connectivity index (χ4n) is 6.27. The fraction of sp³-hybridized carbons (Fsp3) is 0.840. The van der Waals surface area contributed by atoms with Crippen molar-refractivity contribution in [2.45, 2.75) is 103 Å². The maximum atomic E-state index is 13.5. The molecule has 1 spiro atoms. The summed E-state index contributed by atoms with van der Waals surface area (Å²) in [6, 6.07) is -2.65. The highest BCUT2D eigenvalue weighted by molar-refractivity contribution is 5.94. The average Bonchev–Trinajstić information content (AvgIpc) is 3.44. The molecule has 2 heterocycles. The van der Waals surface area contributed by atoms with Gasteiger partial charge in [-0.25, -0.2) is 0 Å². The molecule has 0 aromatic heterocycles. The third-order valence-electron chi connectivity index (χ3n) is 8.52. The molecule has 10 heteroatoms. The molecule has 0 unspecified atom stereocenters. The van der Waals surface area contributed by atoms with Gasteiger partial charge >= 0.3 is 0 Å². The van der Waals surface area contributed by atoms with Crippen molar-refractivity contribution in [3.63, 3.8) is 0 Å². The van der Waals surface area contributed by atoms with Crippen LogP contribution in [-0.4, -0.2) is 70.4 Å². The van der Waals surface area contributed by atoms with Gasteiger partial charge in [-0.15, -0.1) is 0 Å². The predicted molar refractivity (Wildman–Crippen MR) is 128 cm³/mol. The van der Waals surface area contributed by atoms with Crippen molar-refractivity contribution < 1.29 is 23.9 Å². The summed E-state index contributed by atoms with van der Waals surface area (Å²) in [4.78, 5) is 53.1. The molecular weight excluding hydrogens is 450 g/mol. The van der Waals surface area contributed by atoms with Gasteiger partial charge < -0.3 is 31.7 Å². The Morgan fingerprint density at radius 3 is 2.40 bits per heavy atom. The van der Waals surface area contributed by atoms with Crippen molar-refractivity contribution in [2.24, 2.45) is 34.6 Å². The Morgan fingerprint density at radius 1 is 1.26 bits per heavy atom. The molecule has 4 fully saturated rings. The lowest BCUT2D eigenvalue weighted by Gasteiger charge is -2.35. The standard InChI is InChI=1S/C25H41N5O5/c1-12(35-23(2,3)4)17(26)22(34)30-11-14-16(24(14,5)6)18(30)21(33)28-15(19(27)31)9-13-10-25(7-8-25)29-20(13)32/h12-18H,7-11,26H2,1-6H3,(H2,27,31)(H,28,33)(H,29,32)/t12-,13-,14+,15+,16+,17+,18+/m1/s1. The summed E-state index contributed by atoms with van der Waals surface area (Å²) in [5.74, 6) is -1.77. The molecule has 0 aromatic rings. The Balaban J connectivity index is 1.46. The molecule has 6 N–H and O–H groups in total. The van der Waals surface area contributed by atoms with E-state index in [-0.39, 0.29) is 46.9 Å². The normalized spacial score (nSPS) is 32.4. The number of amides is 4. The first kappa shape index (κ1) is 25.9. The van der Waals surface area contributed by atoms with E-state index in [2.05, 4.69) is 24.5 Å². The molecule has 4 amide bonds. The second kappa shape index (κ2) is 8.44. The molecule has 4 aliphatic rings. The van der Waals surface area contributed by atoms with Gasteiger partial charge in [-0.1, -0.05) is 13.8 Å². The maximum Gasteiger partial charge on any atom is 0.243 e. The molecule has 0 aromatic carbocycles. The van der Waals surface area contributed by atoms with Crippen LogP contribution in [0, 0.1) is 23.2 Å². The zero-order chi connectivity index (χ0) is 26.1. The number of piperidine rings is 1. The predicted octanol–water partition coefficient (Wildman–Crippen LogP) is 0.0292. The molecule has 2 saturated heterocycles. The van der Waals surface area contributed by atoms with Gasteiger partial charge in [0.15, 0.2) is 0 Å². The Morgan fingerprint density at radius 2 is 1.89 bits per heavy atom. The number of likely N-dealkylation sites (tertiary alicyclic amines) is 1. The van der Waals surface area contributed by atoms with Crippen LogP contribution in [0.15, 0.2) is 0 Å². The second-order valence-electron chi connectivity index (χ2n) is 12.7. The van der Waals surface area contributed by atoms with E-state index in [4.69, 9.17) is 16.2 Å². The molecule has 2 saturated carbocycles. The summed E-state index contributed by atoms with van der Waals surface area (Å²) in [7, 11) is 0. The van der Waals surface area contributed by atoms with Crippen LogP contribution < -0.4 is 22.1 Å². The van der Waals surface area contributed by atoms with Crippen LogP contribution >= 0.6 is 0 Å². The number of primary amides is 1. The van der Waals surface area contributed by atoms with E-state index in [1.165, 1.54) is 0 Å². The van der Waals surface area contributed by atoms with E-state index in [1.807, 2.05) is 20.8 Å². The zero-order valence-electron chi connectivity index (χ0n) is 21.7. The molecule has 35 heavy (non-hydrogen) atoms. The Labute approximate surface area is 207 Å². The van der Waals surface area contributed by atoms with Gasteiger partial charge in [-0.3, -0.25) is 19.2 Å². The van der Waals surface area contributed by atoms with Crippen molar-refractivity contribution in [2.75, 3.05) is 6.54 Å². The Bertz CT molecular complexity index is 924. The van der Waals surface area contributed by atoms with Crippen LogP contribution in [0.1, 0.15) is 67.2 Å². The lowest BCUT2D eigenvalue weighted by Crippen LogP contribution is -2.59. The van der Waals surface area contributed by atoms with E-state index in [9.17, 15) is 19.2 Å². The molecule has 10 nitrogen and oxygen atoms in total. The highest BCUT2D eigenvalue weighted by atomic mass is 16.5. The lowest BCUT2D eigenvalue weighted by molar-refractivity contribution is -0.146. The molecule has 2 aliphatic heterocycles. The fourth-order valence-corrected chi connectivity index (χ4v) is 6.27. The topological polar surface area (TPSA) is 157 Å². The van der Waals surface area contributed by atoms with Crippen molar-refractivity contribution in [3.05, 3.63) is 0 Å². The van der Waals surface area contributed by atoms with E-state index in [0.29, 0.717) is 13.0 Å². The summed E-state index contributed by atoms with van der Waals surface area (Å²) in [5, 5.41) is 5.79. The van der Waals surface area contributed by atoms with Gasteiger partial charge in [0.1, 0.15) is 18.1 Å². The van der Waals surface area contributed by atoms with Crippen LogP contribution in [0.2, 0.25) is 0 Å². The van der Waals surface area contributed by atoms with Crippen molar-refractivity contribution in [1.82, 2.24) is 15.5 Å². The van der Waals surface area contributed by atoms with Gasteiger partial charge in [0.25, 0.3) is 0 Å². The highest BCUT2D eigenvalue weighted by Gasteiger charge is 2.69. The summed E-state index contributed by atoms with van der Waals surface area (Å²) < 4.78 is 5.89. The number of fused-ring (bicyclic) bond motifs is 1. The second-order valence-corrected chi connectivity index (χ2v) is 12.7. The van der Waals surface area contributed by atoms with Crippen LogP contribution in [-0.2, 0) is 23.9 Å². The molecule has 7 atom stereocenters. The van der Waals surface area contributed by atoms with E-state index in [1.54, 1.807) is 11.8 Å². The number of rotatable bonds is 8. The van der Waals surface area contributed by atoms with E-state index < -0.39 is 41.6 Å². The van der Waals surface area contributed by atoms with Crippen LogP contribution in [0.5, 0.6) is 0 Å². The van der Waals surface area contributed by atoms with Crippen LogP contribution in [0.25, 0.3) is 0 Å². The van der Waals surface area contributed by atoms with Gasteiger partial charge in [0, 0.05) is 18.0 Å². The minimum atomic E-state index is -0.984. The first-order valence-corrected chi connectivity index (χ1v) is 12.7. The summed E-state index contributed by atoms with van der Waals surface area (Å²) >= 11 is 0. The quantitative estimate of drug-likeness (QED) is 0.375. The minimum Gasteiger partial charge on any atom is -0.371 e. The average molecular weight is 492 g/mol. The van der Waals surface area contributed by atoms with Gasteiger partial charge in [0.05, 0.1) is 11.7 Å². The molecule has 0 bridgehead atoms. The van der Waals surface area contributed by atoms with Gasteiger partial charge in [0.2, 0.25) is 23.6 Å². The Hall–Kier alpha value is -2.20. The van der Waals surface area contributed by atoms with Crippen molar-refractivity contribution in [1.29, 1.82) is 0 Å². The lowest BCUT2D eigenvalue weighted by atomic mass is 9.94. The molecule has 4 rings (SSSR count). The summed E-state index contributed by atoms with van der Waals surface area (Å²) in [5.41, 5.74) is 11.2. The summed E-state index contributed by atoms with van der Waals surface area (Å²) in [6.45, 7) is 12.0. The third kappa shape index (κ3) is 4.91. The number of carbonyl (C=O) groups is 4.